The monoisotopic (exact) mass is 536 g/mol. The molecule has 0 aliphatic carbocycles. The maximum Gasteiger partial charge on any atom is 0.433 e. The lowest BCUT2D eigenvalue weighted by molar-refractivity contribution is -0.213. The van der Waals surface area contributed by atoms with Gasteiger partial charge in [0.1, 0.15) is 5.60 Å². The first-order valence-electron chi connectivity index (χ1n) is 11.4. The number of anilines is 1. The molecular formula is C23H26F6N4O4. The molecule has 14 heteroatoms. The zero-order chi connectivity index (χ0) is 27.8. The van der Waals surface area contributed by atoms with Crippen molar-refractivity contribution in [2.75, 3.05) is 24.5 Å². The van der Waals surface area contributed by atoms with Gasteiger partial charge in [0.15, 0.2) is 6.10 Å². The Morgan fingerprint density at radius 3 is 2.24 bits per heavy atom. The Hall–Kier alpha value is -3.21. The van der Waals surface area contributed by atoms with E-state index in [1.165, 1.54) is 11.0 Å². The molecule has 2 aliphatic heterocycles. The van der Waals surface area contributed by atoms with Gasteiger partial charge in [-0.05, 0) is 51.8 Å². The largest absolute Gasteiger partial charge is 0.444 e. The van der Waals surface area contributed by atoms with Crippen LogP contribution < -0.4 is 10.2 Å². The quantitative estimate of drug-likeness (QED) is 0.583. The number of carbonyl (C=O) groups excluding carboxylic acids is 2. The predicted molar refractivity (Wildman–Crippen MR) is 117 cm³/mol. The maximum absolute atomic E-state index is 13.7. The minimum atomic E-state index is -5.01. The minimum Gasteiger partial charge on any atom is -0.444 e. The zero-order valence-corrected chi connectivity index (χ0v) is 20.2. The number of carbonyl (C=O) groups is 2. The number of likely N-dealkylation sites (tertiary alicyclic amines) is 1. The van der Waals surface area contributed by atoms with E-state index in [9.17, 15) is 35.9 Å². The van der Waals surface area contributed by atoms with Crippen molar-refractivity contribution in [1.29, 1.82) is 5.26 Å². The van der Waals surface area contributed by atoms with Crippen LogP contribution in [-0.4, -0.2) is 66.7 Å². The number of nitrogens with zero attached hydrogens (tertiary/aromatic N) is 3. The molecule has 2 amide bonds. The molecule has 3 rings (SSSR count). The molecule has 1 aromatic rings. The summed E-state index contributed by atoms with van der Waals surface area (Å²) in [5.74, 6) is -0.850. The van der Waals surface area contributed by atoms with Crippen LogP contribution in [0.1, 0.15) is 44.7 Å². The number of nitrogens with one attached hydrogen (secondary N) is 1. The van der Waals surface area contributed by atoms with Crippen molar-refractivity contribution >= 4 is 17.7 Å². The van der Waals surface area contributed by atoms with Gasteiger partial charge in [0.2, 0.25) is 6.23 Å². The molecule has 0 bridgehead atoms. The lowest BCUT2D eigenvalue weighted by Gasteiger charge is -2.34. The third-order valence-corrected chi connectivity index (χ3v) is 5.76. The van der Waals surface area contributed by atoms with Crippen molar-refractivity contribution in [3.63, 3.8) is 0 Å². The number of alkyl halides is 6. The third kappa shape index (κ3) is 6.97. The molecule has 2 saturated heterocycles. The molecule has 0 aromatic heterocycles. The summed E-state index contributed by atoms with van der Waals surface area (Å²) < 4.78 is 91.3. The predicted octanol–water partition coefficient (Wildman–Crippen LogP) is 4.19. The molecule has 0 spiro atoms. The van der Waals surface area contributed by atoms with Crippen molar-refractivity contribution < 1.29 is 45.4 Å². The normalized spacial score (nSPS) is 21.5. The van der Waals surface area contributed by atoms with Gasteiger partial charge in [-0.3, -0.25) is 4.79 Å². The summed E-state index contributed by atoms with van der Waals surface area (Å²) in [6.45, 7) is 5.02. The highest BCUT2D eigenvalue weighted by molar-refractivity contribution is 5.82. The first kappa shape index (κ1) is 28.4. The number of ether oxygens (including phenoxy) is 2. The smallest absolute Gasteiger partial charge is 0.433 e. The number of benzene rings is 1. The van der Waals surface area contributed by atoms with Crippen LogP contribution in [0.25, 0.3) is 0 Å². The molecule has 0 unspecified atom stereocenters. The molecule has 0 saturated carbocycles. The molecular weight excluding hydrogens is 510 g/mol. The summed E-state index contributed by atoms with van der Waals surface area (Å²) in [5, 5.41) is 11.5. The number of nitriles is 1. The molecule has 2 atom stereocenters. The first-order valence-corrected chi connectivity index (χ1v) is 11.4. The number of hydrogen-bond donors (Lipinski definition) is 1. The zero-order valence-electron chi connectivity index (χ0n) is 20.2. The highest BCUT2D eigenvalue weighted by atomic mass is 19.4. The van der Waals surface area contributed by atoms with Gasteiger partial charge in [-0.25, -0.2) is 4.79 Å². The second kappa shape index (κ2) is 10.3. The average molecular weight is 536 g/mol. The Balaban J connectivity index is 1.69. The third-order valence-electron chi connectivity index (χ3n) is 5.76. The van der Waals surface area contributed by atoms with Crippen LogP contribution in [0.15, 0.2) is 18.2 Å². The van der Waals surface area contributed by atoms with Gasteiger partial charge in [-0.15, -0.1) is 0 Å². The molecule has 1 aromatic carbocycles. The first-order chi connectivity index (χ1) is 17.0. The Morgan fingerprint density at radius 1 is 1.11 bits per heavy atom. The molecule has 2 aliphatic rings. The molecule has 2 heterocycles. The standard InChI is InChI=1S/C23H26F6N4O4/c1-21(2,3)37-20(35)32-8-6-14(7-9-32)31-18(34)17-12-33(19(36-17)23(27,28)29)15-5-4-13(11-30)16(10-15)22(24,25)26/h4-5,10,14,17,19H,6-9,12H2,1-3H3,(H,31,34)/t17-,19+/m0/s1. The number of rotatable bonds is 3. The van der Waals surface area contributed by atoms with Crippen LogP contribution in [0.3, 0.4) is 0 Å². The number of piperidine rings is 1. The molecule has 37 heavy (non-hydrogen) atoms. The Kier molecular flexibility index (Phi) is 7.88. The van der Waals surface area contributed by atoms with E-state index in [2.05, 4.69) is 5.32 Å². The summed E-state index contributed by atoms with van der Waals surface area (Å²) >= 11 is 0. The Morgan fingerprint density at radius 2 is 1.73 bits per heavy atom. The van der Waals surface area contributed by atoms with Crippen molar-refractivity contribution in [2.45, 2.75) is 69.9 Å². The summed E-state index contributed by atoms with van der Waals surface area (Å²) in [6.07, 6.45) is -14.1. The molecule has 1 N–H and O–H groups in total. The van der Waals surface area contributed by atoms with E-state index in [4.69, 9.17) is 14.7 Å². The van der Waals surface area contributed by atoms with Crippen LogP contribution in [-0.2, 0) is 20.4 Å². The van der Waals surface area contributed by atoms with Crippen LogP contribution in [0.2, 0.25) is 0 Å². The lowest BCUT2D eigenvalue weighted by atomic mass is 10.0. The summed E-state index contributed by atoms with van der Waals surface area (Å²) in [5.41, 5.74) is -3.31. The van der Waals surface area contributed by atoms with E-state index in [0.29, 0.717) is 23.8 Å². The van der Waals surface area contributed by atoms with Crippen molar-refractivity contribution in [3.05, 3.63) is 29.3 Å². The van der Waals surface area contributed by atoms with Crippen LogP contribution >= 0.6 is 0 Å². The van der Waals surface area contributed by atoms with E-state index in [-0.39, 0.29) is 13.1 Å². The van der Waals surface area contributed by atoms with E-state index in [1.54, 1.807) is 20.8 Å². The van der Waals surface area contributed by atoms with Gasteiger partial charge in [-0.2, -0.15) is 31.6 Å². The fraction of sp³-hybridized carbons (Fsp3) is 0.609. The second-order valence-corrected chi connectivity index (χ2v) is 9.76. The lowest BCUT2D eigenvalue weighted by Crippen LogP contribution is -2.50. The summed E-state index contributed by atoms with van der Waals surface area (Å²) in [7, 11) is 0. The van der Waals surface area contributed by atoms with Crippen molar-refractivity contribution in [3.8, 4) is 6.07 Å². The average Bonchev–Trinajstić information content (AvgIpc) is 3.24. The van der Waals surface area contributed by atoms with Crippen LogP contribution in [0.5, 0.6) is 0 Å². The van der Waals surface area contributed by atoms with Crippen LogP contribution in [0, 0.1) is 11.3 Å². The molecule has 2 fully saturated rings. The highest BCUT2D eigenvalue weighted by Crippen LogP contribution is 2.39. The number of amides is 2. The number of halogens is 6. The van der Waals surface area contributed by atoms with Gasteiger partial charge in [0, 0.05) is 24.8 Å². The minimum absolute atomic E-state index is 0.258. The van der Waals surface area contributed by atoms with Gasteiger partial charge >= 0.3 is 18.4 Å². The fourth-order valence-corrected chi connectivity index (χ4v) is 4.06. The maximum atomic E-state index is 13.7. The highest BCUT2D eigenvalue weighted by Gasteiger charge is 2.53. The molecule has 0 radical (unpaired) electrons. The van der Waals surface area contributed by atoms with Gasteiger partial charge in [0.05, 0.1) is 23.7 Å². The van der Waals surface area contributed by atoms with Gasteiger partial charge in [0.25, 0.3) is 5.91 Å². The van der Waals surface area contributed by atoms with E-state index >= 15 is 0 Å². The van der Waals surface area contributed by atoms with Crippen LogP contribution in [0.4, 0.5) is 36.8 Å². The molecule has 204 valence electrons. The van der Waals surface area contributed by atoms with E-state index in [1.807, 2.05) is 0 Å². The fourth-order valence-electron chi connectivity index (χ4n) is 4.06. The Labute approximate surface area is 209 Å². The summed E-state index contributed by atoms with van der Waals surface area (Å²) in [4.78, 5) is 26.9. The van der Waals surface area contributed by atoms with Crippen molar-refractivity contribution in [2.24, 2.45) is 0 Å². The molecule has 8 nitrogen and oxygen atoms in total. The number of hydrogen-bond acceptors (Lipinski definition) is 6. The summed E-state index contributed by atoms with van der Waals surface area (Å²) in [6, 6.07) is 3.08. The SMILES string of the molecule is CC(C)(C)OC(=O)N1CCC(NC(=O)[C@@H]2CN(c3ccc(C#N)c(C(F)(F)F)c3)[C@@H](C(F)(F)F)O2)CC1. The van der Waals surface area contributed by atoms with Crippen molar-refractivity contribution in [1.82, 2.24) is 10.2 Å². The van der Waals surface area contributed by atoms with Gasteiger partial charge < -0.3 is 24.6 Å². The topological polar surface area (TPSA) is 94.9 Å². The second-order valence-electron chi connectivity index (χ2n) is 9.76. The van der Waals surface area contributed by atoms with E-state index in [0.717, 1.165) is 12.1 Å². The Bertz CT molecular complexity index is 1060. The van der Waals surface area contributed by atoms with E-state index < -0.39 is 71.7 Å². The van der Waals surface area contributed by atoms with Gasteiger partial charge in [-0.1, -0.05) is 0 Å².